The van der Waals surface area contributed by atoms with Crippen molar-refractivity contribution in [3.63, 3.8) is 0 Å². The van der Waals surface area contributed by atoms with E-state index in [1.54, 1.807) is 27.7 Å². The molecule has 0 fully saturated rings. The van der Waals surface area contributed by atoms with Gasteiger partial charge in [-0.1, -0.05) is 0 Å². The van der Waals surface area contributed by atoms with Crippen LogP contribution in [-0.4, -0.2) is 46.3 Å². The Bertz CT molecular complexity index is 387. The van der Waals surface area contributed by atoms with Gasteiger partial charge in [0.15, 0.2) is 0 Å². The van der Waals surface area contributed by atoms with E-state index in [0.717, 1.165) is 0 Å². The standard InChI is InChI=1S/C14H22O8/c1-7(2)21-13(19)9(5-11(15)16)10(6-12(17)18)14(20)22-8(3)4/h7-10H,5-6H2,1-4H3,(H,15,16)(H,17,18). The van der Waals surface area contributed by atoms with Gasteiger partial charge in [0.25, 0.3) is 0 Å². The molecule has 0 bridgehead atoms. The minimum Gasteiger partial charge on any atom is -0.481 e. The quantitative estimate of drug-likeness (QED) is 0.604. The Morgan fingerprint density at radius 1 is 0.727 bits per heavy atom. The fourth-order valence-corrected chi connectivity index (χ4v) is 1.80. The van der Waals surface area contributed by atoms with Gasteiger partial charge >= 0.3 is 23.9 Å². The van der Waals surface area contributed by atoms with Crippen molar-refractivity contribution in [3.8, 4) is 0 Å². The largest absolute Gasteiger partial charge is 0.481 e. The number of esters is 2. The molecule has 8 heteroatoms. The van der Waals surface area contributed by atoms with Crippen LogP contribution >= 0.6 is 0 Å². The van der Waals surface area contributed by atoms with E-state index in [1.807, 2.05) is 0 Å². The molecule has 2 N–H and O–H groups in total. The maximum absolute atomic E-state index is 12.0. The summed E-state index contributed by atoms with van der Waals surface area (Å²) in [4.78, 5) is 45.9. The second kappa shape index (κ2) is 9.01. The summed E-state index contributed by atoms with van der Waals surface area (Å²) in [6.45, 7) is 6.26. The topological polar surface area (TPSA) is 127 Å². The van der Waals surface area contributed by atoms with Gasteiger partial charge in [0.2, 0.25) is 0 Å². The van der Waals surface area contributed by atoms with Crippen molar-refractivity contribution in [1.82, 2.24) is 0 Å². The van der Waals surface area contributed by atoms with Crippen molar-refractivity contribution in [2.75, 3.05) is 0 Å². The fourth-order valence-electron chi connectivity index (χ4n) is 1.80. The molecule has 126 valence electrons. The summed E-state index contributed by atoms with van der Waals surface area (Å²) in [5.74, 6) is -7.35. The minimum atomic E-state index is -1.41. The highest BCUT2D eigenvalue weighted by atomic mass is 16.6. The predicted molar refractivity (Wildman–Crippen MR) is 73.9 cm³/mol. The number of hydrogen-bond donors (Lipinski definition) is 2. The van der Waals surface area contributed by atoms with Crippen LogP contribution in [0.3, 0.4) is 0 Å². The third kappa shape index (κ3) is 7.61. The van der Waals surface area contributed by atoms with E-state index in [-0.39, 0.29) is 0 Å². The fraction of sp³-hybridized carbons (Fsp3) is 0.714. The molecule has 0 heterocycles. The lowest BCUT2D eigenvalue weighted by Crippen LogP contribution is -2.37. The van der Waals surface area contributed by atoms with Gasteiger partial charge in [0.05, 0.1) is 36.9 Å². The summed E-state index contributed by atoms with van der Waals surface area (Å²) < 4.78 is 9.86. The number of hydrogen-bond acceptors (Lipinski definition) is 6. The van der Waals surface area contributed by atoms with Gasteiger partial charge in [-0.05, 0) is 27.7 Å². The van der Waals surface area contributed by atoms with Gasteiger partial charge in [0.1, 0.15) is 0 Å². The third-order valence-corrected chi connectivity index (χ3v) is 2.58. The van der Waals surface area contributed by atoms with Crippen LogP contribution in [0.5, 0.6) is 0 Å². The van der Waals surface area contributed by atoms with E-state index in [1.165, 1.54) is 0 Å². The molecule has 0 aliphatic heterocycles. The molecule has 0 radical (unpaired) electrons. The Morgan fingerprint density at radius 3 is 1.18 bits per heavy atom. The molecule has 22 heavy (non-hydrogen) atoms. The summed E-state index contributed by atoms with van der Waals surface area (Å²) >= 11 is 0. The van der Waals surface area contributed by atoms with E-state index < -0.39 is 60.8 Å². The minimum absolute atomic E-state index is 0.518. The summed E-state index contributed by atoms with van der Waals surface area (Å²) in [5, 5.41) is 17.8. The molecule has 0 aromatic carbocycles. The summed E-state index contributed by atoms with van der Waals surface area (Å²) in [6.07, 6.45) is -2.46. The van der Waals surface area contributed by atoms with Crippen LogP contribution in [0.2, 0.25) is 0 Å². The lowest BCUT2D eigenvalue weighted by atomic mass is 9.86. The molecular formula is C14H22O8. The third-order valence-electron chi connectivity index (χ3n) is 2.58. The van der Waals surface area contributed by atoms with E-state index >= 15 is 0 Å². The molecule has 2 unspecified atom stereocenters. The maximum Gasteiger partial charge on any atom is 0.310 e. The first-order valence-electron chi connectivity index (χ1n) is 6.89. The molecule has 0 aromatic heterocycles. The Kier molecular flexibility index (Phi) is 8.14. The second-order valence-electron chi connectivity index (χ2n) is 5.38. The highest BCUT2D eigenvalue weighted by molar-refractivity contribution is 5.88. The zero-order valence-corrected chi connectivity index (χ0v) is 13.1. The van der Waals surface area contributed by atoms with Gasteiger partial charge < -0.3 is 19.7 Å². The summed E-state index contributed by atoms with van der Waals surface area (Å²) in [7, 11) is 0. The zero-order chi connectivity index (χ0) is 17.4. The molecule has 8 nitrogen and oxygen atoms in total. The monoisotopic (exact) mass is 318 g/mol. The van der Waals surface area contributed by atoms with Crippen LogP contribution in [0.15, 0.2) is 0 Å². The molecule has 0 aliphatic carbocycles. The average molecular weight is 318 g/mol. The first-order valence-corrected chi connectivity index (χ1v) is 6.89. The highest BCUT2D eigenvalue weighted by Crippen LogP contribution is 2.24. The molecule has 0 spiro atoms. The van der Waals surface area contributed by atoms with Gasteiger partial charge in [-0.2, -0.15) is 0 Å². The molecule has 0 aromatic rings. The van der Waals surface area contributed by atoms with Crippen molar-refractivity contribution in [2.24, 2.45) is 11.8 Å². The molecule has 0 aliphatic rings. The van der Waals surface area contributed by atoms with Crippen molar-refractivity contribution in [1.29, 1.82) is 0 Å². The normalized spacial score (nSPS) is 13.5. The van der Waals surface area contributed by atoms with Crippen molar-refractivity contribution < 1.29 is 38.9 Å². The van der Waals surface area contributed by atoms with Gasteiger partial charge in [-0.15, -0.1) is 0 Å². The predicted octanol–water partition coefficient (Wildman–Crippen LogP) is 1.07. The van der Waals surface area contributed by atoms with E-state index in [2.05, 4.69) is 0 Å². The van der Waals surface area contributed by atoms with Crippen molar-refractivity contribution in [3.05, 3.63) is 0 Å². The maximum atomic E-state index is 12.0. The molecule has 0 saturated heterocycles. The molecular weight excluding hydrogens is 296 g/mol. The SMILES string of the molecule is CC(C)OC(=O)C(CC(=O)O)C(CC(=O)O)C(=O)OC(C)C. The summed E-state index contributed by atoms with van der Waals surface area (Å²) in [6, 6.07) is 0. The number of carboxylic acid groups (broad SMARTS) is 2. The van der Waals surface area contributed by atoms with Crippen LogP contribution in [0.1, 0.15) is 40.5 Å². The molecule has 0 amide bonds. The first kappa shape index (κ1) is 19.9. The van der Waals surface area contributed by atoms with Crippen LogP contribution in [0.4, 0.5) is 0 Å². The Balaban J connectivity index is 5.41. The Morgan fingerprint density at radius 2 is 1.00 bits per heavy atom. The zero-order valence-electron chi connectivity index (χ0n) is 13.1. The van der Waals surface area contributed by atoms with E-state index in [4.69, 9.17) is 19.7 Å². The number of ether oxygens (including phenoxy) is 2. The van der Waals surface area contributed by atoms with Gasteiger partial charge in [-0.3, -0.25) is 19.2 Å². The first-order chi connectivity index (χ1) is 10.0. The van der Waals surface area contributed by atoms with Crippen molar-refractivity contribution in [2.45, 2.75) is 52.7 Å². The number of carbonyl (C=O) groups excluding carboxylic acids is 2. The van der Waals surface area contributed by atoms with Gasteiger partial charge in [0, 0.05) is 0 Å². The number of aliphatic carboxylic acids is 2. The lowest BCUT2D eigenvalue weighted by molar-refractivity contribution is -0.169. The molecule has 2 atom stereocenters. The lowest BCUT2D eigenvalue weighted by Gasteiger charge is -2.24. The molecule has 0 rings (SSSR count). The van der Waals surface area contributed by atoms with Crippen LogP contribution in [0.25, 0.3) is 0 Å². The van der Waals surface area contributed by atoms with Crippen LogP contribution < -0.4 is 0 Å². The van der Waals surface area contributed by atoms with Crippen LogP contribution in [0, 0.1) is 11.8 Å². The summed E-state index contributed by atoms with van der Waals surface area (Å²) in [5.41, 5.74) is 0. The highest BCUT2D eigenvalue weighted by Gasteiger charge is 2.39. The average Bonchev–Trinajstić information content (AvgIpc) is 2.30. The molecule has 0 saturated carbocycles. The van der Waals surface area contributed by atoms with Crippen molar-refractivity contribution >= 4 is 23.9 Å². The number of rotatable bonds is 9. The Hall–Kier alpha value is -2.12. The second-order valence-corrected chi connectivity index (χ2v) is 5.38. The smallest absolute Gasteiger partial charge is 0.310 e. The van der Waals surface area contributed by atoms with Crippen LogP contribution in [-0.2, 0) is 28.7 Å². The van der Waals surface area contributed by atoms with E-state index in [0.29, 0.717) is 0 Å². The van der Waals surface area contributed by atoms with Gasteiger partial charge in [-0.25, -0.2) is 0 Å². The number of carboxylic acids is 2. The Labute approximate surface area is 128 Å². The number of carbonyl (C=O) groups is 4. The van der Waals surface area contributed by atoms with E-state index in [9.17, 15) is 19.2 Å².